The van der Waals surface area contributed by atoms with Crippen molar-refractivity contribution in [2.24, 2.45) is 13.0 Å². The third-order valence-corrected chi connectivity index (χ3v) is 8.52. The number of rotatable bonds is 10. The molecule has 0 radical (unpaired) electrons. The molecule has 3 aromatic rings. The van der Waals surface area contributed by atoms with Gasteiger partial charge in [-0.2, -0.15) is 0 Å². The summed E-state index contributed by atoms with van der Waals surface area (Å²) in [4.78, 5) is 18.4. The summed E-state index contributed by atoms with van der Waals surface area (Å²) in [5.41, 5.74) is 1.85. The Bertz CT molecular complexity index is 1380. The van der Waals surface area contributed by atoms with Crippen LogP contribution in [0.5, 0.6) is 5.75 Å². The molecule has 2 aliphatic rings. The molecule has 36 heavy (non-hydrogen) atoms. The van der Waals surface area contributed by atoms with Gasteiger partial charge in [0.15, 0.2) is 9.84 Å². The second-order valence-corrected chi connectivity index (χ2v) is 12.3. The summed E-state index contributed by atoms with van der Waals surface area (Å²) in [5.74, 6) is 1.21. The van der Waals surface area contributed by atoms with Crippen molar-refractivity contribution < 1.29 is 13.2 Å². The number of hydrogen-bond acceptors (Lipinski definition) is 6. The van der Waals surface area contributed by atoms with Gasteiger partial charge in [-0.1, -0.05) is 0 Å². The first-order chi connectivity index (χ1) is 17.3. The van der Waals surface area contributed by atoms with Gasteiger partial charge in [0.2, 0.25) is 0 Å². The number of aryl methyl sites for hydroxylation is 1. The summed E-state index contributed by atoms with van der Waals surface area (Å²) in [6.45, 7) is 5.49. The molecule has 1 aliphatic carbocycles. The molecule has 0 spiro atoms. The standard InChI is InChI=1S/C27H36N4O4S/c1-30-18-23(21-10-11-29-26(21)27(30)32)22-17-20(36(2,33)34)8-9-25(22)35-24(19-6-7-19)5-3-4-14-31-15-12-28-13-16-31/h8-11,17-19,24,28-29H,3-7,12-16H2,1-2H3. The van der Waals surface area contributed by atoms with E-state index in [0.717, 1.165) is 62.9 Å². The molecule has 3 heterocycles. The van der Waals surface area contributed by atoms with Gasteiger partial charge in [0.1, 0.15) is 17.4 Å². The molecule has 9 heteroatoms. The fraction of sp³-hybridized carbons (Fsp3) is 0.519. The summed E-state index contributed by atoms with van der Waals surface area (Å²) in [6, 6.07) is 6.95. The van der Waals surface area contributed by atoms with Crippen molar-refractivity contribution in [3.05, 3.63) is 47.0 Å². The van der Waals surface area contributed by atoms with Crippen molar-refractivity contribution in [2.75, 3.05) is 39.0 Å². The van der Waals surface area contributed by atoms with Gasteiger partial charge in [0.25, 0.3) is 5.56 Å². The molecule has 1 atom stereocenters. The number of pyridine rings is 1. The number of unbranched alkanes of at least 4 members (excludes halogenated alkanes) is 1. The predicted molar refractivity (Wildman–Crippen MR) is 142 cm³/mol. The average Bonchev–Trinajstić information content (AvgIpc) is 3.59. The van der Waals surface area contributed by atoms with Crippen LogP contribution in [0, 0.1) is 5.92 Å². The quantitative estimate of drug-likeness (QED) is 0.405. The molecular weight excluding hydrogens is 476 g/mol. The molecular formula is C27H36N4O4S. The smallest absolute Gasteiger partial charge is 0.274 e. The fourth-order valence-corrected chi connectivity index (χ4v) is 5.82. The third-order valence-electron chi connectivity index (χ3n) is 7.41. The van der Waals surface area contributed by atoms with Crippen LogP contribution in [0.2, 0.25) is 0 Å². The number of piperazine rings is 1. The Labute approximate surface area is 212 Å². The van der Waals surface area contributed by atoms with Crippen molar-refractivity contribution >= 4 is 20.7 Å². The first kappa shape index (κ1) is 25.0. The second-order valence-electron chi connectivity index (χ2n) is 10.2. The second kappa shape index (κ2) is 10.4. The molecule has 194 valence electrons. The highest BCUT2D eigenvalue weighted by Gasteiger charge is 2.33. The lowest BCUT2D eigenvalue weighted by atomic mass is 10.0. The molecule has 0 amide bonds. The van der Waals surface area contributed by atoms with Gasteiger partial charge in [-0.3, -0.25) is 4.79 Å². The van der Waals surface area contributed by atoms with Crippen LogP contribution in [0.25, 0.3) is 22.0 Å². The Morgan fingerprint density at radius 2 is 1.89 bits per heavy atom. The van der Waals surface area contributed by atoms with Gasteiger partial charge in [-0.25, -0.2) is 8.42 Å². The lowest BCUT2D eigenvalue weighted by Crippen LogP contribution is -2.43. The molecule has 2 fully saturated rings. The first-order valence-corrected chi connectivity index (χ1v) is 14.8. The minimum atomic E-state index is -3.41. The van der Waals surface area contributed by atoms with E-state index < -0.39 is 9.84 Å². The number of aromatic nitrogens is 2. The largest absolute Gasteiger partial charge is 0.489 e. The van der Waals surface area contributed by atoms with Crippen molar-refractivity contribution in [3.63, 3.8) is 0 Å². The molecule has 1 aromatic carbocycles. The van der Waals surface area contributed by atoms with Crippen molar-refractivity contribution in [3.8, 4) is 16.9 Å². The van der Waals surface area contributed by atoms with Gasteiger partial charge in [0, 0.05) is 68.4 Å². The van der Waals surface area contributed by atoms with Crippen LogP contribution < -0.4 is 15.6 Å². The number of sulfone groups is 1. The van der Waals surface area contributed by atoms with Gasteiger partial charge >= 0.3 is 0 Å². The number of ether oxygens (including phenoxy) is 1. The number of nitrogens with zero attached hydrogens (tertiary/aromatic N) is 2. The van der Waals surface area contributed by atoms with E-state index in [4.69, 9.17) is 4.74 Å². The Morgan fingerprint density at radius 1 is 1.11 bits per heavy atom. The summed E-state index contributed by atoms with van der Waals surface area (Å²) >= 11 is 0. The predicted octanol–water partition coefficient (Wildman–Crippen LogP) is 3.17. The van der Waals surface area contributed by atoms with Gasteiger partial charge in [-0.05, 0) is 68.8 Å². The zero-order valence-corrected chi connectivity index (χ0v) is 21.9. The minimum absolute atomic E-state index is 0.102. The van der Waals surface area contributed by atoms with E-state index in [-0.39, 0.29) is 16.6 Å². The summed E-state index contributed by atoms with van der Waals surface area (Å²) in [5, 5.41) is 4.16. The molecule has 1 aliphatic heterocycles. The Hall–Kier alpha value is -2.62. The molecule has 1 saturated heterocycles. The van der Waals surface area contributed by atoms with Crippen LogP contribution >= 0.6 is 0 Å². The highest BCUT2D eigenvalue weighted by Crippen LogP contribution is 2.41. The zero-order valence-electron chi connectivity index (χ0n) is 21.1. The Morgan fingerprint density at radius 3 is 2.61 bits per heavy atom. The topological polar surface area (TPSA) is 96.4 Å². The zero-order chi connectivity index (χ0) is 25.3. The van der Waals surface area contributed by atoms with Gasteiger partial charge in [-0.15, -0.1) is 0 Å². The van der Waals surface area contributed by atoms with E-state index in [2.05, 4.69) is 15.2 Å². The molecule has 0 bridgehead atoms. The van der Waals surface area contributed by atoms with E-state index in [1.807, 2.05) is 6.07 Å². The summed E-state index contributed by atoms with van der Waals surface area (Å²) in [7, 11) is -1.70. The van der Waals surface area contributed by atoms with Crippen molar-refractivity contribution in [2.45, 2.75) is 43.1 Å². The molecule has 8 nitrogen and oxygen atoms in total. The number of H-pyrrole nitrogens is 1. The van der Waals surface area contributed by atoms with Crippen LogP contribution in [0.3, 0.4) is 0 Å². The lowest BCUT2D eigenvalue weighted by Gasteiger charge is -2.27. The van der Waals surface area contributed by atoms with Crippen molar-refractivity contribution in [1.29, 1.82) is 0 Å². The number of benzene rings is 1. The monoisotopic (exact) mass is 512 g/mol. The molecule has 1 saturated carbocycles. The molecule has 2 N–H and O–H groups in total. The van der Waals surface area contributed by atoms with Crippen LogP contribution in [0.1, 0.15) is 32.1 Å². The summed E-state index contributed by atoms with van der Waals surface area (Å²) < 4.78 is 33.0. The van der Waals surface area contributed by atoms with Gasteiger partial charge < -0.3 is 24.5 Å². The van der Waals surface area contributed by atoms with E-state index in [1.54, 1.807) is 37.6 Å². The third kappa shape index (κ3) is 5.53. The number of nitrogens with one attached hydrogen (secondary N) is 2. The molecule has 2 aromatic heterocycles. The molecule has 5 rings (SSSR count). The summed E-state index contributed by atoms with van der Waals surface area (Å²) in [6.07, 6.45) is 10.4. The molecule has 1 unspecified atom stereocenters. The first-order valence-electron chi connectivity index (χ1n) is 12.9. The van der Waals surface area contributed by atoms with E-state index in [1.165, 1.54) is 23.7 Å². The maximum absolute atomic E-state index is 12.6. The highest BCUT2D eigenvalue weighted by molar-refractivity contribution is 7.90. The normalized spacial score (nSPS) is 17.9. The van der Waals surface area contributed by atoms with E-state index >= 15 is 0 Å². The maximum Gasteiger partial charge on any atom is 0.274 e. The number of aromatic amines is 1. The van der Waals surface area contributed by atoms with Crippen LogP contribution in [0.15, 0.2) is 46.3 Å². The lowest BCUT2D eigenvalue weighted by molar-refractivity contribution is 0.161. The Balaban J connectivity index is 1.42. The van der Waals surface area contributed by atoms with Crippen molar-refractivity contribution in [1.82, 2.24) is 19.8 Å². The number of hydrogen-bond donors (Lipinski definition) is 2. The minimum Gasteiger partial charge on any atom is -0.489 e. The Kier molecular flexibility index (Phi) is 7.23. The SMILES string of the molecule is Cn1cc(-c2cc(S(C)(=O)=O)ccc2OC(CCCCN2CCNCC2)C2CC2)c2cc[nH]c2c1=O. The van der Waals surface area contributed by atoms with E-state index in [9.17, 15) is 13.2 Å². The maximum atomic E-state index is 12.6. The van der Waals surface area contributed by atoms with E-state index in [0.29, 0.717) is 22.7 Å². The highest BCUT2D eigenvalue weighted by atomic mass is 32.2. The number of fused-ring (bicyclic) bond motifs is 1. The van der Waals surface area contributed by atoms with Crippen LogP contribution in [0.4, 0.5) is 0 Å². The van der Waals surface area contributed by atoms with Gasteiger partial charge in [0.05, 0.1) is 4.90 Å². The van der Waals surface area contributed by atoms with Crippen LogP contribution in [-0.2, 0) is 16.9 Å². The van der Waals surface area contributed by atoms with Crippen LogP contribution in [-0.4, -0.2) is 68.0 Å². The fourth-order valence-electron chi connectivity index (χ4n) is 5.17. The average molecular weight is 513 g/mol.